The summed E-state index contributed by atoms with van der Waals surface area (Å²) in [7, 11) is 0. The van der Waals surface area contributed by atoms with Crippen molar-refractivity contribution in [2.24, 2.45) is 0 Å². The molecule has 5 nitrogen and oxygen atoms in total. The lowest BCUT2D eigenvalue weighted by Gasteiger charge is -2.34. The number of hydrogen-bond donors (Lipinski definition) is 2. The summed E-state index contributed by atoms with van der Waals surface area (Å²) in [5.74, 6) is -0.870. The Bertz CT molecular complexity index is 555. The summed E-state index contributed by atoms with van der Waals surface area (Å²) in [6.07, 6.45) is 7.28. The number of rotatable bonds is 10. The minimum absolute atomic E-state index is 0.0498. The summed E-state index contributed by atoms with van der Waals surface area (Å²) >= 11 is 0. The van der Waals surface area contributed by atoms with Crippen LogP contribution >= 0.6 is 0 Å². The lowest BCUT2D eigenvalue weighted by molar-refractivity contribution is -0.157. The minimum atomic E-state index is -0.870. The fourth-order valence-electron chi connectivity index (χ4n) is 3.14. The summed E-state index contributed by atoms with van der Waals surface area (Å²) in [5, 5.41) is 18.4. The van der Waals surface area contributed by atoms with E-state index in [4.69, 9.17) is 9.47 Å². The van der Waals surface area contributed by atoms with E-state index in [1.807, 2.05) is 36.4 Å². The van der Waals surface area contributed by atoms with Gasteiger partial charge in [0.1, 0.15) is 0 Å². The molecule has 144 valence electrons. The van der Waals surface area contributed by atoms with Gasteiger partial charge >= 0.3 is 5.97 Å². The first-order chi connectivity index (χ1) is 12.5. The zero-order chi connectivity index (χ0) is 18.8. The molecule has 0 bridgehead atoms. The lowest BCUT2D eigenvalue weighted by atomic mass is 9.98. The van der Waals surface area contributed by atoms with Crippen molar-refractivity contribution in [2.75, 3.05) is 0 Å². The normalized spacial score (nSPS) is 24.6. The molecule has 2 rings (SSSR count). The van der Waals surface area contributed by atoms with Crippen molar-refractivity contribution >= 4 is 5.97 Å². The van der Waals surface area contributed by atoms with Crippen molar-refractivity contribution in [2.45, 2.75) is 76.5 Å². The minimum Gasteiger partial charge on any atom is -0.481 e. The molecule has 1 aromatic carbocycles. The molecule has 1 aromatic rings. The fourth-order valence-corrected chi connectivity index (χ4v) is 3.14. The van der Waals surface area contributed by atoms with Crippen molar-refractivity contribution in [3.8, 4) is 0 Å². The maximum absolute atomic E-state index is 11.2. The Labute approximate surface area is 155 Å². The van der Waals surface area contributed by atoms with E-state index in [1.165, 1.54) is 0 Å². The first-order valence-corrected chi connectivity index (χ1v) is 9.42. The molecule has 0 aliphatic carbocycles. The maximum atomic E-state index is 11.2. The molecular weight excluding hydrogens is 332 g/mol. The monoisotopic (exact) mass is 362 g/mol. The second-order valence-corrected chi connectivity index (χ2v) is 6.93. The highest BCUT2D eigenvalue weighted by molar-refractivity contribution is 5.67. The van der Waals surface area contributed by atoms with E-state index in [1.54, 1.807) is 6.92 Å². The molecule has 5 heteroatoms. The number of carboxylic acids is 1. The topological polar surface area (TPSA) is 76.0 Å². The van der Waals surface area contributed by atoms with Gasteiger partial charge in [0, 0.05) is 0 Å². The van der Waals surface area contributed by atoms with Crippen molar-refractivity contribution in [3.63, 3.8) is 0 Å². The number of aliphatic carboxylic acids is 1. The number of carboxylic acid groups (broad SMARTS) is 1. The number of aliphatic hydroxyl groups excluding tert-OH is 1. The molecule has 1 saturated heterocycles. The van der Waals surface area contributed by atoms with E-state index in [9.17, 15) is 15.0 Å². The van der Waals surface area contributed by atoms with E-state index in [0.717, 1.165) is 37.7 Å². The van der Waals surface area contributed by atoms with Crippen molar-refractivity contribution in [1.82, 2.24) is 0 Å². The Morgan fingerprint density at radius 1 is 1.35 bits per heavy atom. The van der Waals surface area contributed by atoms with Crippen LogP contribution in [0.15, 0.2) is 42.5 Å². The molecule has 1 heterocycles. The Hall–Kier alpha value is -1.69. The van der Waals surface area contributed by atoms with Gasteiger partial charge in [0.05, 0.1) is 37.4 Å². The Morgan fingerprint density at radius 3 is 2.81 bits per heavy atom. The number of allylic oxidation sites excluding steroid dienone is 1. The van der Waals surface area contributed by atoms with Gasteiger partial charge < -0.3 is 19.7 Å². The van der Waals surface area contributed by atoms with Crippen LogP contribution in [0.1, 0.15) is 51.0 Å². The molecule has 4 atom stereocenters. The molecule has 0 unspecified atom stereocenters. The first kappa shape index (κ1) is 20.6. The fraction of sp³-hybridized carbons (Fsp3) is 0.571. The van der Waals surface area contributed by atoms with Gasteiger partial charge in [-0.3, -0.25) is 4.79 Å². The summed E-state index contributed by atoms with van der Waals surface area (Å²) in [6, 6.07) is 9.87. The third kappa shape index (κ3) is 7.68. The predicted molar refractivity (Wildman–Crippen MR) is 99.8 cm³/mol. The Kier molecular flexibility index (Phi) is 8.81. The summed E-state index contributed by atoms with van der Waals surface area (Å²) < 4.78 is 11.9. The highest BCUT2D eigenvalue weighted by atomic mass is 16.5. The maximum Gasteiger partial charge on any atom is 0.306 e. The molecule has 0 radical (unpaired) electrons. The van der Waals surface area contributed by atoms with E-state index in [0.29, 0.717) is 6.61 Å². The van der Waals surface area contributed by atoms with Crippen LogP contribution in [0.25, 0.3) is 0 Å². The van der Waals surface area contributed by atoms with E-state index in [-0.39, 0.29) is 24.7 Å². The first-order valence-electron chi connectivity index (χ1n) is 9.42. The number of unbranched alkanes of at least 4 members (excludes halogenated alkanes) is 1. The van der Waals surface area contributed by atoms with Gasteiger partial charge in [-0.2, -0.15) is 0 Å². The second kappa shape index (κ2) is 11.1. The zero-order valence-corrected chi connectivity index (χ0v) is 15.4. The van der Waals surface area contributed by atoms with Crippen LogP contribution in [0, 0.1) is 0 Å². The average Bonchev–Trinajstić information content (AvgIpc) is 2.61. The Morgan fingerprint density at radius 2 is 2.12 bits per heavy atom. The van der Waals surface area contributed by atoms with Crippen molar-refractivity contribution in [3.05, 3.63) is 48.0 Å². The van der Waals surface area contributed by atoms with Gasteiger partial charge in [0.15, 0.2) is 0 Å². The number of aliphatic hydroxyl groups is 1. The molecule has 1 aliphatic heterocycles. The van der Waals surface area contributed by atoms with Gasteiger partial charge in [0.2, 0.25) is 0 Å². The third-order valence-corrected chi connectivity index (χ3v) is 4.53. The lowest BCUT2D eigenvalue weighted by Crippen LogP contribution is -2.41. The highest BCUT2D eigenvalue weighted by Gasteiger charge is 2.32. The highest BCUT2D eigenvalue weighted by Crippen LogP contribution is 2.26. The molecule has 0 saturated carbocycles. The molecule has 0 amide bonds. The van der Waals surface area contributed by atoms with Crippen LogP contribution in [0.2, 0.25) is 0 Å². The van der Waals surface area contributed by atoms with Crippen molar-refractivity contribution in [1.29, 1.82) is 0 Å². The van der Waals surface area contributed by atoms with Crippen LogP contribution in [0.5, 0.6) is 0 Å². The molecule has 0 aromatic heterocycles. The van der Waals surface area contributed by atoms with Gasteiger partial charge in [-0.25, -0.2) is 0 Å². The van der Waals surface area contributed by atoms with Gasteiger partial charge in [-0.05, 0) is 44.6 Å². The van der Waals surface area contributed by atoms with Crippen LogP contribution in [-0.2, 0) is 20.9 Å². The second-order valence-electron chi connectivity index (χ2n) is 6.93. The van der Waals surface area contributed by atoms with Crippen LogP contribution in [0.4, 0.5) is 0 Å². The molecule has 0 spiro atoms. The summed E-state index contributed by atoms with van der Waals surface area (Å²) in [6.45, 7) is 2.25. The van der Waals surface area contributed by atoms with E-state index >= 15 is 0 Å². The standard InChI is InChI=1S/C21H30O5/c1-16(22)8-4-2-7-11-18-12-13-19(20(26-18)14-21(23)24)25-15-17-9-5-3-6-10-17/h3,5-7,9-11,16,18-20,22H,2,4,8,12-15H2,1H3,(H,23,24)/b11-7+/t16-,18-,19-,20-/m0/s1. The number of hydrogen-bond acceptors (Lipinski definition) is 4. The number of benzene rings is 1. The average molecular weight is 362 g/mol. The number of carbonyl (C=O) groups is 1. The van der Waals surface area contributed by atoms with Gasteiger partial charge in [-0.15, -0.1) is 0 Å². The van der Waals surface area contributed by atoms with Gasteiger partial charge in [-0.1, -0.05) is 42.5 Å². The Balaban J connectivity index is 1.83. The van der Waals surface area contributed by atoms with Crippen molar-refractivity contribution < 1.29 is 24.5 Å². The smallest absolute Gasteiger partial charge is 0.306 e. The molecule has 1 fully saturated rings. The van der Waals surface area contributed by atoms with Crippen LogP contribution in [0.3, 0.4) is 0 Å². The predicted octanol–water partition coefficient (Wildman–Crippen LogP) is 3.70. The van der Waals surface area contributed by atoms with E-state index < -0.39 is 12.1 Å². The zero-order valence-electron chi connectivity index (χ0n) is 15.4. The summed E-state index contributed by atoms with van der Waals surface area (Å²) in [4.78, 5) is 11.2. The molecule has 2 N–H and O–H groups in total. The summed E-state index contributed by atoms with van der Waals surface area (Å²) in [5.41, 5.74) is 1.07. The van der Waals surface area contributed by atoms with E-state index in [2.05, 4.69) is 6.08 Å². The molecular formula is C21H30O5. The number of ether oxygens (including phenoxy) is 2. The van der Waals surface area contributed by atoms with Crippen LogP contribution in [-0.4, -0.2) is 40.6 Å². The largest absolute Gasteiger partial charge is 0.481 e. The third-order valence-electron chi connectivity index (χ3n) is 4.53. The SMILES string of the molecule is C[C@H](O)CCC/C=C/[C@H]1CC[C@H](OCc2ccccc2)[C@H](CC(=O)O)O1. The molecule has 1 aliphatic rings. The van der Waals surface area contributed by atoms with Crippen LogP contribution < -0.4 is 0 Å². The molecule has 26 heavy (non-hydrogen) atoms. The quantitative estimate of drug-likeness (QED) is 0.490. The van der Waals surface area contributed by atoms with Gasteiger partial charge in [0.25, 0.3) is 0 Å².